The number of rotatable bonds is 3. The number of thiophene rings is 1. The van der Waals surface area contributed by atoms with Gasteiger partial charge >= 0.3 is 0 Å². The van der Waals surface area contributed by atoms with Crippen molar-refractivity contribution in [1.29, 1.82) is 0 Å². The molecule has 0 aromatic carbocycles. The minimum atomic E-state index is 0.300. The summed E-state index contributed by atoms with van der Waals surface area (Å²) < 4.78 is 0. The van der Waals surface area contributed by atoms with Crippen LogP contribution in [0.25, 0.3) is 6.08 Å². The van der Waals surface area contributed by atoms with E-state index in [0.717, 1.165) is 25.7 Å². The van der Waals surface area contributed by atoms with Crippen LogP contribution >= 0.6 is 11.3 Å². The molecular weight excluding hydrogens is 204 g/mol. The lowest BCUT2D eigenvalue weighted by atomic mass is 9.85. The van der Waals surface area contributed by atoms with Crippen molar-refractivity contribution in [1.82, 2.24) is 0 Å². The van der Waals surface area contributed by atoms with Gasteiger partial charge in [0.1, 0.15) is 5.78 Å². The summed E-state index contributed by atoms with van der Waals surface area (Å²) in [6.07, 6.45) is 9.42. The molecule has 1 fully saturated rings. The van der Waals surface area contributed by atoms with Crippen molar-refractivity contribution in [2.45, 2.75) is 32.1 Å². The van der Waals surface area contributed by atoms with Crippen molar-refractivity contribution >= 4 is 23.2 Å². The third-order valence-electron chi connectivity index (χ3n) is 2.96. The van der Waals surface area contributed by atoms with Gasteiger partial charge in [0.15, 0.2) is 0 Å². The number of ketones is 1. The molecule has 0 saturated heterocycles. The first-order valence-electron chi connectivity index (χ1n) is 5.58. The van der Waals surface area contributed by atoms with Crippen molar-refractivity contribution in [3.63, 3.8) is 0 Å². The highest BCUT2D eigenvalue weighted by Crippen LogP contribution is 2.24. The van der Waals surface area contributed by atoms with Crippen molar-refractivity contribution < 1.29 is 4.79 Å². The molecule has 0 aliphatic heterocycles. The van der Waals surface area contributed by atoms with E-state index in [-0.39, 0.29) is 0 Å². The molecular formula is C13H16OS. The van der Waals surface area contributed by atoms with E-state index in [1.807, 2.05) is 0 Å². The number of allylic oxidation sites excluding steroid dienone is 1. The smallest absolute Gasteiger partial charge is 0.136 e. The van der Waals surface area contributed by atoms with Gasteiger partial charge in [0.05, 0.1) is 0 Å². The Labute approximate surface area is 94.8 Å². The Kier molecular flexibility index (Phi) is 3.73. The largest absolute Gasteiger partial charge is 0.299 e. The summed E-state index contributed by atoms with van der Waals surface area (Å²) in [4.78, 5) is 11.6. The van der Waals surface area contributed by atoms with Gasteiger partial charge in [-0.15, -0.1) is 0 Å². The van der Waals surface area contributed by atoms with Gasteiger partial charge in [0.25, 0.3) is 0 Å². The van der Waals surface area contributed by atoms with Gasteiger partial charge in [-0.25, -0.2) is 0 Å². The fourth-order valence-electron chi connectivity index (χ4n) is 2.04. The summed E-state index contributed by atoms with van der Waals surface area (Å²) in [5.41, 5.74) is 1.25. The molecule has 1 heterocycles. The molecule has 1 aromatic rings. The average molecular weight is 220 g/mol. The lowest BCUT2D eigenvalue weighted by Crippen LogP contribution is -2.17. The number of carbonyl (C=O) groups excluding carboxylic acids is 1. The summed E-state index contributed by atoms with van der Waals surface area (Å²) in [6.45, 7) is 0. The van der Waals surface area contributed by atoms with E-state index < -0.39 is 0 Å². The fraction of sp³-hybridized carbons (Fsp3) is 0.462. The van der Waals surface area contributed by atoms with E-state index in [0.29, 0.717) is 11.7 Å². The SMILES string of the molecule is O=C1CCCC[C@@H]1C/C=C/c1ccsc1. The molecule has 0 radical (unpaired) electrons. The average Bonchev–Trinajstić information content (AvgIpc) is 2.74. The predicted molar refractivity (Wildman–Crippen MR) is 64.9 cm³/mol. The summed E-state index contributed by atoms with van der Waals surface area (Å²) in [5, 5.41) is 4.20. The highest BCUT2D eigenvalue weighted by atomic mass is 32.1. The molecule has 15 heavy (non-hydrogen) atoms. The Morgan fingerprint density at radius 2 is 2.40 bits per heavy atom. The highest BCUT2D eigenvalue weighted by Gasteiger charge is 2.20. The molecule has 80 valence electrons. The van der Waals surface area contributed by atoms with Crippen molar-refractivity contribution in [3.8, 4) is 0 Å². The Morgan fingerprint density at radius 3 is 3.13 bits per heavy atom. The molecule has 1 aliphatic rings. The Balaban J connectivity index is 1.84. The maximum absolute atomic E-state index is 11.6. The molecule has 0 unspecified atom stereocenters. The van der Waals surface area contributed by atoms with Crippen LogP contribution in [0, 0.1) is 5.92 Å². The molecule has 1 atom stereocenters. The van der Waals surface area contributed by atoms with Gasteiger partial charge in [0.2, 0.25) is 0 Å². The third-order valence-corrected chi connectivity index (χ3v) is 3.66. The van der Waals surface area contributed by atoms with Crippen LogP contribution in [0.5, 0.6) is 0 Å². The van der Waals surface area contributed by atoms with Crippen LogP contribution < -0.4 is 0 Å². The van der Waals surface area contributed by atoms with Crippen LogP contribution in [0.1, 0.15) is 37.7 Å². The topological polar surface area (TPSA) is 17.1 Å². The molecule has 1 saturated carbocycles. The van der Waals surface area contributed by atoms with E-state index in [1.165, 1.54) is 12.0 Å². The minimum absolute atomic E-state index is 0.300. The number of hydrogen-bond acceptors (Lipinski definition) is 2. The van der Waals surface area contributed by atoms with Gasteiger partial charge in [-0.2, -0.15) is 11.3 Å². The first-order chi connectivity index (χ1) is 7.36. The summed E-state index contributed by atoms with van der Waals surface area (Å²) in [6, 6.07) is 2.10. The molecule has 0 amide bonds. The summed E-state index contributed by atoms with van der Waals surface area (Å²) in [5.74, 6) is 0.768. The van der Waals surface area contributed by atoms with Crippen LogP contribution in [0.15, 0.2) is 22.9 Å². The van der Waals surface area contributed by atoms with E-state index in [4.69, 9.17) is 0 Å². The first kappa shape index (κ1) is 10.6. The zero-order valence-corrected chi connectivity index (χ0v) is 9.63. The summed E-state index contributed by atoms with van der Waals surface area (Å²) >= 11 is 1.71. The Morgan fingerprint density at radius 1 is 1.47 bits per heavy atom. The second-order valence-corrected chi connectivity index (χ2v) is 4.88. The lowest BCUT2D eigenvalue weighted by Gasteiger charge is -2.18. The second-order valence-electron chi connectivity index (χ2n) is 4.10. The van der Waals surface area contributed by atoms with Crippen LogP contribution in [-0.4, -0.2) is 5.78 Å². The van der Waals surface area contributed by atoms with Gasteiger partial charge < -0.3 is 0 Å². The maximum atomic E-state index is 11.6. The van der Waals surface area contributed by atoms with Crippen LogP contribution in [0.2, 0.25) is 0 Å². The van der Waals surface area contributed by atoms with Gasteiger partial charge in [0, 0.05) is 12.3 Å². The van der Waals surface area contributed by atoms with Crippen LogP contribution in [-0.2, 0) is 4.79 Å². The minimum Gasteiger partial charge on any atom is -0.299 e. The van der Waals surface area contributed by atoms with E-state index in [2.05, 4.69) is 29.0 Å². The predicted octanol–water partition coefficient (Wildman–Crippen LogP) is 3.91. The normalized spacial score (nSPS) is 22.4. The van der Waals surface area contributed by atoms with Gasteiger partial charge in [-0.3, -0.25) is 4.79 Å². The first-order valence-corrected chi connectivity index (χ1v) is 6.52. The second kappa shape index (κ2) is 5.26. The third kappa shape index (κ3) is 3.03. The van der Waals surface area contributed by atoms with Crippen LogP contribution in [0.3, 0.4) is 0 Å². The molecule has 1 nitrogen and oxygen atoms in total. The zero-order valence-electron chi connectivity index (χ0n) is 8.82. The maximum Gasteiger partial charge on any atom is 0.136 e. The summed E-state index contributed by atoms with van der Waals surface area (Å²) in [7, 11) is 0. The Bertz CT molecular complexity index is 337. The highest BCUT2D eigenvalue weighted by molar-refractivity contribution is 7.08. The molecule has 0 spiro atoms. The Hall–Kier alpha value is -0.890. The van der Waals surface area contributed by atoms with E-state index >= 15 is 0 Å². The van der Waals surface area contributed by atoms with Gasteiger partial charge in [-0.05, 0) is 41.7 Å². The molecule has 2 heteroatoms. The van der Waals surface area contributed by atoms with Crippen molar-refractivity contribution in [3.05, 3.63) is 28.5 Å². The molecule has 1 aliphatic carbocycles. The van der Waals surface area contributed by atoms with Crippen molar-refractivity contribution in [2.24, 2.45) is 5.92 Å². The quantitative estimate of drug-likeness (QED) is 0.754. The lowest BCUT2D eigenvalue weighted by molar-refractivity contribution is -0.124. The number of carbonyl (C=O) groups is 1. The van der Waals surface area contributed by atoms with E-state index in [9.17, 15) is 4.79 Å². The molecule has 2 rings (SSSR count). The zero-order chi connectivity index (χ0) is 10.5. The van der Waals surface area contributed by atoms with Gasteiger partial charge in [-0.1, -0.05) is 18.6 Å². The number of hydrogen-bond donors (Lipinski definition) is 0. The van der Waals surface area contributed by atoms with Crippen LogP contribution in [0.4, 0.5) is 0 Å². The molecule has 1 aromatic heterocycles. The molecule has 0 N–H and O–H groups in total. The standard InChI is InChI=1S/C13H16OS/c14-13-7-2-1-5-12(13)6-3-4-11-8-9-15-10-11/h3-4,8-10,12H,1-2,5-7H2/b4-3+/t12-/m1/s1. The molecule has 0 bridgehead atoms. The fourth-order valence-corrected chi connectivity index (χ4v) is 2.67. The monoisotopic (exact) mass is 220 g/mol. The van der Waals surface area contributed by atoms with Crippen molar-refractivity contribution in [2.75, 3.05) is 0 Å². The number of Topliss-reactive ketones (excluding diaryl/α,β-unsaturated/α-hetero) is 1. The van der Waals surface area contributed by atoms with E-state index in [1.54, 1.807) is 11.3 Å².